The Balaban J connectivity index is 2.74. The Morgan fingerprint density at radius 3 is 2.31 bits per heavy atom. The minimum absolute atomic E-state index is 0.682. The van der Waals surface area contributed by atoms with Gasteiger partial charge in [-0.1, -0.05) is 35.8 Å². The molecule has 0 saturated carbocycles. The summed E-state index contributed by atoms with van der Waals surface area (Å²) in [4.78, 5) is 0. The lowest BCUT2D eigenvalue weighted by molar-refractivity contribution is 0.419. The smallest absolute Gasteiger partial charge is 0.119 e. The van der Waals surface area contributed by atoms with Gasteiger partial charge in [-0.25, -0.2) is 0 Å². The zero-order chi connectivity index (χ0) is 9.26. The summed E-state index contributed by atoms with van der Waals surface area (Å²) in [6.45, 7) is 0. The Hall–Kier alpha value is -1.44. The highest BCUT2D eigenvalue weighted by atomic mass is 16.5. The lowest BCUT2D eigenvalue weighted by atomic mass is 9.92. The lowest BCUT2D eigenvalue weighted by Gasteiger charge is -2.06. The maximum Gasteiger partial charge on any atom is 0.119 e. The summed E-state index contributed by atoms with van der Waals surface area (Å²) < 4.78 is 5.13. The van der Waals surface area contributed by atoms with Crippen molar-refractivity contribution < 1.29 is 4.74 Å². The van der Waals surface area contributed by atoms with Gasteiger partial charge in [-0.2, -0.15) is 0 Å². The molecule has 0 aliphatic carbocycles. The predicted octanol–water partition coefficient (Wildman–Crippen LogP) is 1.64. The highest BCUT2D eigenvalue weighted by molar-refractivity contribution is 6.35. The van der Waals surface area contributed by atoms with Gasteiger partial charge in [0.25, 0.3) is 0 Å². The van der Waals surface area contributed by atoms with Crippen LogP contribution in [-0.4, -0.2) is 15.0 Å². The molecule has 2 aromatic rings. The molecule has 2 radical (unpaired) electrons. The second-order valence-corrected chi connectivity index (χ2v) is 2.94. The number of benzene rings is 2. The van der Waals surface area contributed by atoms with Gasteiger partial charge in [0.1, 0.15) is 13.6 Å². The van der Waals surface area contributed by atoms with Crippen LogP contribution in [0.25, 0.3) is 10.8 Å². The van der Waals surface area contributed by atoms with Gasteiger partial charge in [-0.15, -0.1) is 0 Å². The third-order valence-corrected chi connectivity index (χ3v) is 2.10. The zero-order valence-corrected chi connectivity index (χ0v) is 7.45. The monoisotopic (exact) mass is 168 g/mol. The average molecular weight is 168 g/mol. The Bertz CT molecular complexity index is 437. The summed E-state index contributed by atoms with van der Waals surface area (Å²) in [6, 6.07) is 11.9. The summed E-state index contributed by atoms with van der Waals surface area (Å²) in [5.41, 5.74) is 0.682. The predicted molar refractivity (Wildman–Crippen MR) is 55.9 cm³/mol. The van der Waals surface area contributed by atoms with Crippen molar-refractivity contribution in [3.63, 3.8) is 0 Å². The molecule has 0 heterocycles. The van der Waals surface area contributed by atoms with Crippen molar-refractivity contribution in [1.82, 2.24) is 0 Å². The number of methoxy groups -OCH3 is 1. The fraction of sp³-hybridized carbons (Fsp3) is 0.0909. The van der Waals surface area contributed by atoms with Gasteiger partial charge in [-0.3, -0.25) is 0 Å². The molecule has 0 spiro atoms. The van der Waals surface area contributed by atoms with Crippen molar-refractivity contribution in [2.75, 3.05) is 7.11 Å². The van der Waals surface area contributed by atoms with E-state index in [0.717, 1.165) is 16.5 Å². The minimum Gasteiger partial charge on any atom is -0.497 e. The van der Waals surface area contributed by atoms with E-state index in [1.54, 1.807) is 7.11 Å². The Kier molecular flexibility index (Phi) is 1.97. The Morgan fingerprint density at radius 1 is 1.08 bits per heavy atom. The van der Waals surface area contributed by atoms with Crippen molar-refractivity contribution in [3.05, 3.63) is 36.4 Å². The van der Waals surface area contributed by atoms with Crippen LogP contribution >= 0.6 is 0 Å². The molecule has 0 aromatic heterocycles. The molecule has 0 saturated heterocycles. The minimum atomic E-state index is 0.682. The first-order valence-electron chi connectivity index (χ1n) is 4.13. The zero-order valence-electron chi connectivity index (χ0n) is 7.45. The third kappa shape index (κ3) is 1.40. The number of ether oxygens (including phenoxy) is 1. The van der Waals surface area contributed by atoms with Crippen LogP contribution in [0.3, 0.4) is 0 Å². The van der Waals surface area contributed by atoms with Crippen LogP contribution in [0, 0.1) is 0 Å². The second-order valence-electron chi connectivity index (χ2n) is 2.94. The number of rotatable bonds is 1. The fourth-order valence-corrected chi connectivity index (χ4v) is 1.41. The van der Waals surface area contributed by atoms with Crippen molar-refractivity contribution in [2.24, 2.45) is 0 Å². The second kappa shape index (κ2) is 3.13. The van der Waals surface area contributed by atoms with E-state index in [0.29, 0.717) is 5.46 Å². The molecule has 0 unspecified atom stereocenters. The van der Waals surface area contributed by atoms with Crippen LogP contribution in [-0.2, 0) is 0 Å². The molecule has 1 nitrogen and oxygen atoms in total. The van der Waals surface area contributed by atoms with Crippen LogP contribution in [0.4, 0.5) is 0 Å². The molecule has 0 bridgehead atoms. The number of hydrogen-bond acceptors (Lipinski definition) is 1. The van der Waals surface area contributed by atoms with E-state index >= 15 is 0 Å². The summed E-state index contributed by atoms with van der Waals surface area (Å²) >= 11 is 0. The average Bonchev–Trinajstić information content (AvgIpc) is 2.17. The van der Waals surface area contributed by atoms with E-state index in [4.69, 9.17) is 12.6 Å². The van der Waals surface area contributed by atoms with Crippen LogP contribution in [0.15, 0.2) is 36.4 Å². The summed E-state index contributed by atoms with van der Waals surface area (Å²) in [6.07, 6.45) is 0. The molecule has 2 heteroatoms. The van der Waals surface area contributed by atoms with Gasteiger partial charge < -0.3 is 4.74 Å². The summed E-state index contributed by atoms with van der Waals surface area (Å²) in [5.74, 6) is 0.735. The van der Waals surface area contributed by atoms with E-state index in [1.165, 1.54) is 0 Å². The highest BCUT2D eigenvalue weighted by Gasteiger charge is 1.99. The van der Waals surface area contributed by atoms with Gasteiger partial charge in [0.05, 0.1) is 7.11 Å². The fourth-order valence-electron chi connectivity index (χ4n) is 1.41. The molecule has 0 aliphatic heterocycles. The Labute approximate surface area is 78.7 Å². The van der Waals surface area contributed by atoms with Gasteiger partial charge >= 0.3 is 0 Å². The number of hydrogen-bond donors (Lipinski definition) is 0. The quantitative estimate of drug-likeness (QED) is 0.588. The van der Waals surface area contributed by atoms with E-state index in [2.05, 4.69) is 0 Å². The van der Waals surface area contributed by atoms with E-state index in [9.17, 15) is 0 Å². The maximum absolute atomic E-state index is 5.77. The summed E-state index contributed by atoms with van der Waals surface area (Å²) in [7, 11) is 7.40. The first-order chi connectivity index (χ1) is 6.31. The molecule has 0 aliphatic rings. The normalized spacial score (nSPS) is 10.2. The van der Waals surface area contributed by atoms with Crippen molar-refractivity contribution >= 4 is 24.1 Å². The maximum atomic E-state index is 5.77. The van der Waals surface area contributed by atoms with Crippen LogP contribution < -0.4 is 10.2 Å². The SMILES string of the molecule is [B]c1cc2ccccc2cc1OC. The molecule has 2 rings (SSSR count). The standard InChI is InChI=1S/C11H9BO/c1-13-11-7-9-5-3-2-4-8(9)6-10(11)12/h2-7H,1H3. The van der Waals surface area contributed by atoms with Crippen LogP contribution in [0.2, 0.25) is 0 Å². The molecule has 0 amide bonds. The lowest BCUT2D eigenvalue weighted by Crippen LogP contribution is -2.06. The molecule has 62 valence electrons. The molecule has 0 atom stereocenters. The molecule has 2 aromatic carbocycles. The molecular weight excluding hydrogens is 159 g/mol. The number of fused-ring (bicyclic) bond motifs is 1. The van der Waals surface area contributed by atoms with Gasteiger partial charge in [0.15, 0.2) is 0 Å². The van der Waals surface area contributed by atoms with Gasteiger partial charge in [0, 0.05) is 0 Å². The van der Waals surface area contributed by atoms with Crippen molar-refractivity contribution in [3.8, 4) is 5.75 Å². The molecule has 13 heavy (non-hydrogen) atoms. The molecular formula is C11H9BO. The first-order valence-corrected chi connectivity index (χ1v) is 4.13. The van der Waals surface area contributed by atoms with E-state index < -0.39 is 0 Å². The van der Waals surface area contributed by atoms with Crippen molar-refractivity contribution in [2.45, 2.75) is 0 Å². The third-order valence-electron chi connectivity index (χ3n) is 2.10. The van der Waals surface area contributed by atoms with E-state index in [1.807, 2.05) is 36.4 Å². The Morgan fingerprint density at radius 2 is 1.69 bits per heavy atom. The summed E-state index contributed by atoms with van der Waals surface area (Å²) in [5, 5.41) is 2.29. The molecule has 0 fully saturated rings. The van der Waals surface area contributed by atoms with E-state index in [-0.39, 0.29) is 0 Å². The highest BCUT2D eigenvalue weighted by Crippen LogP contribution is 2.17. The largest absolute Gasteiger partial charge is 0.497 e. The van der Waals surface area contributed by atoms with Crippen molar-refractivity contribution in [1.29, 1.82) is 0 Å². The van der Waals surface area contributed by atoms with Crippen LogP contribution in [0.5, 0.6) is 5.75 Å². The molecule has 0 N–H and O–H groups in total. The van der Waals surface area contributed by atoms with Gasteiger partial charge in [-0.05, 0) is 16.8 Å². The van der Waals surface area contributed by atoms with Crippen LogP contribution in [0.1, 0.15) is 0 Å². The van der Waals surface area contributed by atoms with Gasteiger partial charge in [0.2, 0.25) is 0 Å². The topological polar surface area (TPSA) is 9.23 Å². The first kappa shape index (κ1) is 8.18.